The summed E-state index contributed by atoms with van der Waals surface area (Å²) in [5, 5.41) is 16.8. The number of nitrogens with one attached hydrogen (secondary N) is 2. The van der Waals surface area contributed by atoms with E-state index in [1.165, 1.54) is 22.5 Å². The maximum atomic E-state index is 12.4. The van der Waals surface area contributed by atoms with Crippen molar-refractivity contribution in [3.8, 4) is 11.1 Å². The number of hydrogen-bond acceptors (Lipinski definition) is 6. The van der Waals surface area contributed by atoms with Gasteiger partial charge in [-0.05, 0) is 36.1 Å². The predicted molar refractivity (Wildman–Crippen MR) is 132 cm³/mol. The first-order valence-corrected chi connectivity index (χ1v) is 12.3. The molecule has 0 radical (unpaired) electrons. The van der Waals surface area contributed by atoms with Gasteiger partial charge in [-0.2, -0.15) is 0 Å². The minimum absolute atomic E-state index is 0.00985. The number of thiazole rings is 1. The summed E-state index contributed by atoms with van der Waals surface area (Å²) in [4.78, 5) is 39.9. The number of hydrogen-bond donors (Lipinski definition) is 3. The van der Waals surface area contributed by atoms with Crippen molar-refractivity contribution in [2.24, 2.45) is 5.92 Å². The van der Waals surface area contributed by atoms with Gasteiger partial charge >= 0.3 is 12.1 Å². The van der Waals surface area contributed by atoms with Crippen molar-refractivity contribution in [3.63, 3.8) is 0 Å². The minimum atomic E-state index is -0.965. The molecule has 2 aromatic carbocycles. The normalized spacial score (nSPS) is 13.9. The number of rotatable bonds is 9. The zero-order chi connectivity index (χ0) is 24.9. The Morgan fingerprint density at radius 1 is 1.06 bits per heavy atom. The molecule has 8 nitrogen and oxygen atoms in total. The molecule has 2 atom stereocenters. The van der Waals surface area contributed by atoms with Crippen LogP contribution in [0.15, 0.2) is 53.9 Å². The monoisotopic (exact) mass is 493 g/mol. The van der Waals surface area contributed by atoms with Crippen LogP contribution in [0.3, 0.4) is 0 Å². The number of carbonyl (C=O) groups excluding carboxylic acids is 2. The van der Waals surface area contributed by atoms with E-state index in [0.717, 1.165) is 11.1 Å². The van der Waals surface area contributed by atoms with E-state index in [1.54, 1.807) is 19.2 Å². The summed E-state index contributed by atoms with van der Waals surface area (Å²) in [6.45, 7) is 3.62. The van der Waals surface area contributed by atoms with E-state index in [4.69, 9.17) is 9.84 Å². The molecule has 182 valence electrons. The number of nitrogens with zero attached hydrogens (tertiary/aromatic N) is 1. The Labute approximate surface area is 207 Å². The molecule has 3 aromatic rings. The smallest absolute Gasteiger partial charge is 0.407 e. The van der Waals surface area contributed by atoms with E-state index in [9.17, 15) is 14.4 Å². The Kier molecular flexibility index (Phi) is 7.45. The highest BCUT2D eigenvalue weighted by atomic mass is 32.1. The standard InChI is InChI=1S/C26H27N3O5S/c1-15(25(31)32)16(2)28-23(30)11-17-14-35-24(29-17)12-27-26(33)34-13-22-20-9-5-3-7-18(20)19-8-4-6-10-21(19)22/h3-10,14-16,22H,11-13H2,1-2H3,(H,27,33)(H,28,30)(H,31,32). The van der Waals surface area contributed by atoms with Crippen LogP contribution in [0.1, 0.15) is 41.6 Å². The fourth-order valence-corrected chi connectivity index (χ4v) is 4.85. The summed E-state index contributed by atoms with van der Waals surface area (Å²) in [7, 11) is 0. The number of fused-ring (bicyclic) bond motifs is 3. The summed E-state index contributed by atoms with van der Waals surface area (Å²) >= 11 is 1.33. The van der Waals surface area contributed by atoms with Crippen LogP contribution in [0, 0.1) is 5.92 Å². The fraction of sp³-hybridized carbons (Fsp3) is 0.308. The van der Waals surface area contributed by atoms with Gasteiger partial charge in [-0.1, -0.05) is 48.5 Å². The maximum absolute atomic E-state index is 12.4. The molecule has 1 aromatic heterocycles. The highest BCUT2D eigenvalue weighted by Gasteiger charge is 2.29. The Hall–Kier alpha value is -3.72. The van der Waals surface area contributed by atoms with Crippen molar-refractivity contribution in [1.82, 2.24) is 15.6 Å². The van der Waals surface area contributed by atoms with Gasteiger partial charge in [0.25, 0.3) is 0 Å². The summed E-state index contributed by atoms with van der Waals surface area (Å²) < 4.78 is 5.53. The number of carboxylic acids is 1. The van der Waals surface area contributed by atoms with Crippen LogP contribution in [0.25, 0.3) is 11.1 Å². The van der Waals surface area contributed by atoms with Gasteiger partial charge in [0.1, 0.15) is 11.6 Å². The Morgan fingerprint density at radius 3 is 2.31 bits per heavy atom. The number of aliphatic carboxylic acids is 1. The van der Waals surface area contributed by atoms with Crippen LogP contribution in [-0.2, 0) is 27.3 Å². The Balaban J connectivity index is 1.26. The largest absolute Gasteiger partial charge is 0.481 e. The molecule has 0 aliphatic heterocycles. The first-order valence-electron chi connectivity index (χ1n) is 11.4. The lowest BCUT2D eigenvalue weighted by Gasteiger charge is -2.17. The maximum Gasteiger partial charge on any atom is 0.407 e. The van der Waals surface area contributed by atoms with Crippen molar-refractivity contribution >= 4 is 29.3 Å². The highest BCUT2D eigenvalue weighted by Crippen LogP contribution is 2.44. The molecule has 0 fully saturated rings. The fourth-order valence-electron chi connectivity index (χ4n) is 4.12. The third-order valence-electron chi connectivity index (χ3n) is 6.20. The topological polar surface area (TPSA) is 118 Å². The second-order valence-corrected chi connectivity index (χ2v) is 9.51. The van der Waals surface area contributed by atoms with Crippen LogP contribution in [-0.4, -0.2) is 40.7 Å². The van der Waals surface area contributed by atoms with Crippen LogP contribution in [0.4, 0.5) is 4.79 Å². The number of ether oxygens (including phenoxy) is 1. The zero-order valence-corrected chi connectivity index (χ0v) is 20.3. The average molecular weight is 494 g/mol. The first kappa shape index (κ1) is 24.4. The van der Waals surface area contributed by atoms with Crippen molar-refractivity contribution in [3.05, 3.63) is 75.7 Å². The van der Waals surface area contributed by atoms with E-state index < -0.39 is 24.0 Å². The van der Waals surface area contributed by atoms with Crippen LogP contribution in [0.2, 0.25) is 0 Å². The summed E-state index contributed by atoms with van der Waals surface area (Å²) in [5.74, 6) is -1.96. The second kappa shape index (κ2) is 10.7. The third-order valence-corrected chi connectivity index (χ3v) is 7.09. The molecule has 0 bridgehead atoms. The number of carboxylic acid groups (broad SMARTS) is 1. The predicted octanol–water partition coefficient (Wildman–Crippen LogP) is 3.95. The molecule has 35 heavy (non-hydrogen) atoms. The van der Waals surface area contributed by atoms with Gasteiger partial charge in [-0.15, -0.1) is 11.3 Å². The molecule has 1 aliphatic carbocycles. The van der Waals surface area contributed by atoms with Crippen molar-refractivity contribution in [2.75, 3.05) is 6.61 Å². The number of amides is 2. The molecule has 2 amide bonds. The van der Waals surface area contributed by atoms with Gasteiger partial charge in [-0.25, -0.2) is 9.78 Å². The Morgan fingerprint density at radius 2 is 1.69 bits per heavy atom. The van der Waals surface area contributed by atoms with E-state index in [0.29, 0.717) is 10.7 Å². The number of carbonyl (C=O) groups is 3. The molecule has 1 aliphatic rings. The van der Waals surface area contributed by atoms with Crippen LogP contribution < -0.4 is 10.6 Å². The SMILES string of the molecule is CC(NC(=O)Cc1csc(CNC(=O)OCC2c3ccccc3-c3ccccc32)n1)C(C)C(=O)O. The van der Waals surface area contributed by atoms with Gasteiger partial charge < -0.3 is 20.5 Å². The van der Waals surface area contributed by atoms with Crippen molar-refractivity contribution in [2.45, 2.75) is 38.8 Å². The zero-order valence-electron chi connectivity index (χ0n) is 19.5. The van der Waals surface area contributed by atoms with Gasteiger partial charge in [0.15, 0.2) is 0 Å². The Bertz CT molecular complexity index is 1200. The van der Waals surface area contributed by atoms with Gasteiger partial charge in [0, 0.05) is 17.3 Å². The number of aromatic nitrogens is 1. The van der Waals surface area contributed by atoms with Gasteiger partial charge in [0.05, 0.1) is 24.6 Å². The summed E-state index contributed by atoms with van der Waals surface area (Å²) in [6, 6.07) is 15.8. The number of benzene rings is 2. The highest BCUT2D eigenvalue weighted by molar-refractivity contribution is 7.09. The molecule has 0 saturated carbocycles. The average Bonchev–Trinajstić information content (AvgIpc) is 3.42. The summed E-state index contributed by atoms with van der Waals surface area (Å²) in [5.41, 5.74) is 5.20. The summed E-state index contributed by atoms with van der Waals surface area (Å²) in [6.07, 6.45) is -0.490. The van der Waals surface area contributed by atoms with E-state index in [-0.39, 0.29) is 31.4 Å². The molecule has 9 heteroatoms. The van der Waals surface area contributed by atoms with Crippen LogP contribution in [0.5, 0.6) is 0 Å². The van der Waals surface area contributed by atoms with Crippen molar-refractivity contribution in [1.29, 1.82) is 0 Å². The third kappa shape index (κ3) is 5.68. The lowest BCUT2D eigenvalue weighted by atomic mass is 9.98. The second-order valence-electron chi connectivity index (χ2n) is 8.57. The van der Waals surface area contributed by atoms with E-state index >= 15 is 0 Å². The molecule has 1 heterocycles. The molecule has 4 rings (SSSR count). The van der Waals surface area contributed by atoms with Crippen LogP contribution >= 0.6 is 11.3 Å². The van der Waals surface area contributed by atoms with Gasteiger partial charge in [-0.3, -0.25) is 9.59 Å². The first-order chi connectivity index (χ1) is 16.8. The lowest BCUT2D eigenvalue weighted by molar-refractivity contribution is -0.142. The lowest BCUT2D eigenvalue weighted by Crippen LogP contribution is -2.40. The quantitative estimate of drug-likeness (QED) is 0.416. The van der Waals surface area contributed by atoms with Gasteiger partial charge in [0.2, 0.25) is 5.91 Å². The molecule has 3 N–H and O–H groups in total. The van der Waals surface area contributed by atoms with E-state index in [2.05, 4.69) is 39.9 Å². The molecule has 0 saturated heterocycles. The van der Waals surface area contributed by atoms with Crippen molar-refractivity contribution < 1.29 is 24.2 Å². The molecule has 2 unspecified atom stereocenters. The van der Waals surface area contributed by atoms with E-state index in [1.807, 2.05) is 24.3 Å². The number of alkyl carbamates (subject to hydrolysis) is 1. The minimum Gasteiger partial charge on any atom is -0.481 e. The molecule has 0 spiro atoms. The molecular weight excluding hydrogens is 466 g/mol. The molecular formula is C26H27N3O5S.